The Hall–Kier alpha value is -3.08. The molecular formula is C22H22N2O3. The van der Waals surface area contributed by atoms with E-state index in [-0.39, 0.29) is 11.9 Å². The summed E-state index contributed by atoms with van der Waals surface area (Å²) in [6.45, 7) is 1.60. The summed E-state index contributed by atoms with van der Waals surface area (Å²) in [5, 5.41) is 3.96. The number of hydrogen-bond donors (Lipinski definition) is 2. The van der Waals surface area contributed by atoms with E-state index in [1.807, 2.05) is 36.4 Å². The number of esters is 1. The van der Waals surface area contributed by atoms with Crippen LogP contribution in [0.2, 0.25) is 0 Å². The third-order valence-electron chi connectivity index (χ3n) is 5.09. The molecule has 0 bridgehead atoms. The number of nitrogens with one attached hydrogen (secondary N) is 2. The normalized spacial score (nSPS) is 17.1. The monoisotopic (exact) mass is 362 g/mol. The lowest BCUT2D eigenvalue weighted by Crippen LogP contribution is -2.39. The zero-order valence-electron chi connectivity index (χ0n) is 15.2. The second-order valence-electron chi connectivity index (χ2n) is 6.97. The van der Waals surface area contributed by atoms with Crippen LogP contribution in [-0.4, -0.2) is 23.0 Å². The minimum atomic E-state index is -0.863. The van der Waals surface area contributed by atoms with Crippen LogP contribution in [0, 0.1) is 0 Å². The lowest BCUT2D eigenvalue weighted by atomic mass is 9.87. The average molecular weight is 362 g/mol. The summed E-state index contributed by atoms with van der Waals surface area (Å²) in [7, 11) is 0. The molecule has 1 aliphatic carbocycles. The molecule has 3 aromatic rings. The van der Waals surface area contributed by atoms with Crippen LogP contribution < -0.4 is 5.32 Å². The molecule has 0 spiro atoms. The summed E-state index contributed by atoms with van der Waals surface area (Å²) in [6.07, 6.45) is 2.10. The number of aryl methyl sites for hydroxylation is 1. The molecule has 0 fully saturated rings. The van der Waals surface area contributed by atoms with E-state index < -0.39 is 12.1 Å². The summed E-state index contributed by atoms with van der Waals surface area (Å²) in [5.74, 6) is -0.806. The zero-order valence-corrected chi connectivity index (χ0v) is 15.2. The van der Waals surface area contributed by atoms with Crippen molar-refractivity contribution in [3.05, 3.63) is 71.4 Å². The third kappa shape index (κ3) is 3.58. The van der Waals surface area contributed by atoms with Gasteiger partial charge in [0.15, 0.2) is 6.10 Å². The molecule has 1 aromatic heterocycles. The highest BCUT2D eigenvalue weighted by Gasteiger charge is 2.26. The molecule has 0 saturated carbocycles. The number of aromatic amines is 1. The fraction of sp³-hybridized carbons (Fsp3) is 0.273. The van der Waals surface area contributed by atoms with Gasteiger partial charge in [-0.3, -0.25) is 4.79 Å². The van der Waals surface area contributed by atoms with Gasteiger partial charge in [0.05, 0.1) is 6.04 Å². The first-order valence-corrected chi connectivity index (χ1v) is 9.29. The van der Waals surface area contributed by atoms with E-state index >= 15 is 0 Å². The predicted octanol–water partition coefficient (Wildman–Crippen LogP) is 3.91. The summed E-state index contributed by atoms with van der Waals surface area (Å²) >= 11 is 0. The lowest BCUT2D eigenvalue weighted by molar-refractivity contribution is -0.130. The van der Waals surface area contributed by atoms with Gasteiger partial charge in [-0.2, -0.15) is 0 Å². The van der Waals surface area contributed by atoms with Crippen LogP contribution in [0.4, 0.5) is 0 Å². The molecule has 5 nitrogen and oxygen atoms in total. The summed E-state index contributed by atoms with van der Waals surface area (Å²) in [6, 6.07) is 17.5. The standard InChI is InChI=1S/C22H22N2O3/c1-14(27-22(26)20-13-16-8-3-5-11-18(16)23-20)21(25)24-19-12-6-9-15-7-2-4-10-17(15)19/h2-5,7-8,10-11,13-14,19,23H,6,9,12H2,1H3,(H,24,25)/t14-,19+/m0/s1. The van der Waals surface area contributed by atoms with Crippen molar-refractivity contribution in [2.45, 2.75) is 38.3 Å². The van der Waals surface area contributed by atoms with Crippen molar-refractivity contribution in [3.8, 4) is 0 Å². The van der Waals surface area contributed by atoms with E-state index in [0.717, 1.165) is 35.7 Å². The van der Waals surface area contributed by atoms with Gasteiger partial charge >= 0.3 is 5.97 Å². The molecule has 1 amide bonds. The number of carbonyl (C=O) groups excluding carboxylic acids is 2. The SMILES string of the molecule is C[C@H](OC(=O)c1cc2ccccc2[nH]1)C(=O)N[C@@H]1CCCc2ccccc21. The second-order valence-corrected chi connectivity index (χ2v) is 6.97. The quantitative estimate of drug-likeness (QED) is 0.691. The number of rotatable bonds is 4. The van der Waals surface area contributed by atoms with Gasteiger partial charge in [-0.15, -0.1) is 0 Å². The second kappa shape index (κ2) is 7.27. The fourth-order valence-corrected chi connectivity index (χ4v) is 3.65. The lowest BCUT2D eigenvalue weighted by Gasteiger charge is -2.27. The maximum atomic E-state index is 12.6. The predicted molar refractivity (Wildman–Crippen MR) is 103 cm³/mol. The van der Waals surface area contributed by atoms with Gasteiger partial charge < -0.3 is 15.0 Å². The highest BCUT2D eigenvalue weighted by atomic mass is 16.5. The molecule has 0 unspecified atom stereocenters. The molecule has 0 radical (unpaired) electrons. The molecule has 4 rings (SSSR count). The Morgan fingerprint density at radius 1 is 1.15 bits per heavy atom. The van der Waals surface area contributed by atoms with E-state index in [1.165, 1.54) is 5.56 Å². The first-order valence-electron chi connectivity index (χ1n) is 9.29. The number of amides is 1. The van der Waals surface area contributed by atoms with E-state index in [0.29, 0.717) is 5.69 Å². The highest BCUT2D eigenvalue weighted by Crippen LogP contribution is 2.29. The minimum absolute atomic E-state index is 0.0309. The van der Waals surface area contributed by atoms with Crippen molar-refractivity contribution < 1.29 is 14.3 Å². The molecule has 2 N–H and O–H groups in total. The molecule has 1 aliphatic rings. The molecule has 5 heteroatoms. The maximum Gasteiger partial charge on any atom is 0.355 e. The van der Waals surface area contributed by atoms with Crippen molar-refractivity contribution in [1.82, 2.24) is 10.3 Å². The van der Waals surface area contributed by atoms with Crippen molar-refractivity contribution in [3.63, 3.8) is 0 Å². The average Bonchev–Trinajstić information content (AvgIpc) is 3.12. The smallest absolute Gasteiger partial charge is 0.355 e. The van der Waals surface area contributed by atoms with Crippen LogP contribution in [0.15, 0.2) is 54.6 Å². The van der Waals surface area contributed by atoms with Gasteiger partial charge in [-0.05, 0) is 49.4 Å². The molecule has 138 valence electrons. The number of H-pyrrole nitrogens is 1. The van der Waals surface area contributed by atoms with Crippen LogP contribution in [0.25, 0.3) is 10.9 Å². The first-order chi connectivity index (χ1) is 13.1. The van der Waals surface area contributed by atoms with E-state index in [1.54, 1.807) is 13.0 Å². The Balaban J connectivity index is 1.41. The summed E-state index contributed by atoms with van der Waals surface area (Å²) in [4.78, 5) is 28.0. The highest BCUT2D eigenvalue weighted by molar-refractivity contribution is 5.96. The molecule has 2 atom stereocenters. The molecule has 0 aliphatic heterocycles. The number of benzene rings is 2. The number of hydrogen-bond acceptors (Lipinski definition) is 3. The summed E-state index contributed by atoms with van der Waals surface area (Å²) < 4.78 is 5.38. The molecular weight excluding hydrogens is 340 g/mol. The van der Waals surface area contributed by atoms with Crippen LogP contribution in [-0.2, 0) is 16.0 Å². The number of carbonyl (C=O) groups is 2. The van der Waals surface area contributed by atoms with Gasteiger partial charge in [0.1, 0.15) is 5.69 Å². The topological polar surface area (TPSA) is 71.2 Å². The Morgan fingerprint density at radius 2 is 1.93 bits per heavy atom. The van der Waals surface area contributed by atoms with E-state index in [2.05, 4.69) is 22.4 Å². The molecule has 27 heavy (non-hydrogen) atoms. The molecule has 2 aromatic carbocycles. The number of aromatic nitrogens is 1. The number of fused-ring (bicyclic) bond motifs is 2. The fourth-order valence-electron chi connectivity index (χ4n) is 3.65. The summed E-state index contributed by atoms with van der Waals surface area (Å²) in [5.41, 5.74) is 3.64. The Bertz CT molecular complexity index is 959. The number of ether oxygens (including phenoxy) is 1. The van der Waals surface area contributed by atoms with Crippen LogP contribution in [0.3, 0.4) is 0 Å². The van der Waals surface area contributed by atoms with Crippen molar-refractivity contribution in [1.29, 1.82) is 0 Å². The van der Waals surface area contributed by atoms with Crippen LogP contribution in [0.5, 0.6) is 0 Å². The van der Waals surface area contributed by atoms with Gasteiger partial charge in [-0.1, -0.05) is 42.5 Å². The van der Waals surface area contributed by atoms with Crippen LogP contribution in [0.1, 0.15) is 47.4 Å². The molecule has 0 saturated heterocycles. The van der Waals surface area contributed by atoms with Gasteiger partial charge in [0.25, 0.3) is 5.91 Å². The maximum absolute atomic E-state index is 12.6. The van der Waals surface area contributed by atoms with Gasteiger partial charge in [0.2, 0.25) is 0 Å². The van der Waals surface area contributed by atoms with Gasteiger partial charge in [-0.25, -0.2) is 4.79 Å². The third-order valence-corrected chi connectivity index (χ3v) is 5.09. The number of para-hydroxylation sites is 1. The zero-order chi connectivity index (χ0) is 18.8. The van der Waals surface area contributed by atoms with E-state index in [4.69, 9.17) is 4.74 Å². The first kappa shape index (κ1) is 17.3. The molecule has 1 heterocycles. The van der Waals surface area contributed by atoms with Gasteiger partial charge in [0, 0.05) is 10.9 Å². The largest absolute Gasteiger partial charge is 0.448 e. The Kier molecular flexibility index (Phi) is 4.67. The van der Waals surface area contributed by atoms with Crippen molar-refractivity contribution in [2.75, 3.05) is 0 Å². The minimum Gasteiger partial charge on any atom is -0.448 e. The Labute approximate surface area is 157 Å². The van der Waals surface area contributed by atoms with Crippen molar-refractivity contribution in [2.24, 2.45) is 0 Å². The van der Waals surface area contributed by atoms with Crippen LogP contribution >= 0.6 is 0 Å². The van der Waals surface area contributed by atoms with E-state index in [9.17, 15) is 9.59 Å². The van der Waals surface area contributed by atoms with Crippen molar-refractivity contribution >= 4 is 22.8 Å². The Morgan fingerprint density at radius 3 is 2.78 bits per heavy atom.